The lowest BCUT2D eigenvalue weighted by Gasteiger charge is -2.22. The summed E-state index contributed by atoms with van der Waals surface area (Å²) in [6.07, 6.45) is 7.31. The van der Waals surface area contributed by atoms with E-state index in [9.17, 15) is 4.79 Å². The summed E-state index contributed by atoms with van der Waals surface area (Å²) >= 11 is 0. The normalized spacial score (nSPS) is 18.2. The second-order valence-electron chi connectivity index (χ2n) is 5.23. The minimum absolute atomic E-state index is 0.0696. The fourth-order valence-corrected chi connectivity index (χ4v) is 2.90. The molecule has 1 amide bonds. The average Bonchev–Trinajstić information content (AvgIpc) is 3.16. The summed E-state index contributed by atoms with van der Waals surface area (Å²) in [5.74, 6) is 0.104. The van der Waals surface area contributed by atoms with Crippen LogP contribution in [0, 0.1) is 0 Å². The minimum atomic E-state index is 0.0696. The number of hydrogen-bond acceptors (Lipinski definition) is 4. The Labute approximate surface area is 123 Å². The van der Waals surface area contributed by atoms with Gasteiger partial charge in [0.2, 0.25) is 5.91 Å². The summed E-state index contributed by atoms with van der Waals surface area (Å²) in [6.45, 7) is 5.26. The molecule has 3 rings (SSSR count). The molecule has 2 aromatic heterocycles. The third-order valence-electron chi connectivity index (χ3n) is 3.95. The molecule has 6 nitrogen and oxygen atoms in total. The number of nitrogens with zero attached hydrogens (tertiary/aromatic N) is 5. The lowest BCUT2D eigenvalue weighted by atomic mass is 10.1. The molecular formula is C15H19N5O. The van der Waals surface area contributed by atoms with Gasteiger partial charge in [-0.05, 0) is 25.8 Å². The Kier molecular flexibility index (Phi) is 3.68. The first-order valence-corrected chi connectivity index (χ1v) is 7.32. The third-order valence-corrected chi connectivity index (χ3v) is 3.95. The SMILES string of the molecule is CCn1nccc1-c1cnc([C@@H]2CCCN2C(C)=O)cn1. The quantitative estimate of drug-likeness (QED) is 0.865. The number of carbonyl (C=O) groups is 1. The highest BCUT2D eigenvalue weighted by Crippen LogP contribution is 2.30. The van der Waals surface area contributed by atoms with E-state index in [0.717, 1.165) is 43.0 Å². The van der Waals surface area contributed by atoms with Crippen LogP contribution >= 0.6 is 0 Å². The number of carbonyl (C=O) groups excluding carboxylic acids is 1. The molecule has 6 heteroatoms. The number of likely N-dealkylation sites (tertiary alicyclic amines) is 1. The van der Waals surface area contributed by atoms with Crippen LogP contribution in [-0.2, 0) is 11.3 Å². The molecule has 1 atom stereocenters. The molecule has 0 spiro atoms. The van der Waals surface area contributed by atoms with Gasteiger partial charge in [-0.25, -0.2) is 0 Å². The van der Waals surface area contributed by atoms with Crippen LogP contribution in [0.15, 0.2) is 24.7 Å². The van der Waals surface area contributed by atoms with Crippen molar-refractivity contribution in [2.45, 2.75) is 39.3 Å². The Morgan fingerprint density at radius 2 is 2.24 bits per heavy atom. The van der Waals surface area contributed by atoms with Crippen molar-refractivity contribution in [1.29, 1.82) is 0 Å². The lowest BCUT2D eigenvalue weighted by Crippen LogP contribution is -2.28. The van der Waals surface area contributed by atoms with E-state index in [4.69, 9.17) is 0 Å². The Balaban J connectivity index is 1.86. The van der Waals surface area contributed by atoms with E-state index in [2.05, 4.69) is 15.1 Å². The third kappa shape index (κ3) is 2.53. The van der Waals surface area contributed by atoms with Crippen LogP contribution in [0.25, 0.3) is 11.4 Å². The summed E-state index contributed by atoms with van der Waals surface area (Å²) in [5, 5.41) is 4.24. The molecule has 0 unspecified atom stereocenters. The first-order chi connectivity index (χ1) is 10.2. The highest BCUT2D eigenvalue weighted by molar-refractivity contribution is 5.74. The van der Waals surface area contributed by atoms with Gasteiger partial charge in [-0.2, -0.15) is 5.10 Å². The number of aromatic nitrogens is 4. The standard InChI is InChI=1S/C15H19N5O/c1-3-20-15(6-7-18-20)13-10-16-12(9-17-13)14-5-4-8-19(14)11(2)21/h6-7,9-10,14H,3-5,8H2,1-2H3/t14-/m0/s1. The van der Waals surface area contributed by atoms with Crippen molar-refractivity contribution in [1.82, 2.24) is 24.6 Å². The van der Waals surface area contributed by atoms with Gasteiger partial charge in [-0.15, -0.1) is 0 Å². The summed E-state index contributed by atoms with van der Waals surface area (Å²) in [4.78, 5) is 22.5. The highest BCUT2D eigenvalue weighted by atomic mass is 16.2. The first kappa shape index (κ1) is 13.7. The van der Waals surface area contributed by atoms with Crippen molar-refractivity contribution in [2.24, 2.45) is 0 Å². The molecule has 21 heavy (non-hydrogen) atoms. The molecule has 0 radical (unpaired) electrons. The second-order valence-corrected chi connectivity index (χ2v) is 5.23. The molecule has 2 aromatic rings. The Morgan fingerprint density at radius 1 is 1.38 bits per heavy atom. The summed E-state index contributed by atoms with van der Waals surface area (Å²) in [7, 11) is 0. The fraction of sp³-hybridized carbons (Fsp3) is 0.467. The molecular weight excluding hydrogens is 266 g/mol. The van der Waals surface area contributed by atoms with Gasteiger partial charge in [0, 0.05) is 26.2 Å². The van der Waals surface area contributed by atoms with E-state index >= 15 is 0 Å². The van der Waals surface area contributed by atoms with Crippen LogP contribution in [-0.4, -0.2) is 37.1 Å². The summed E-state index contributed by atoms with van der Waals surface area (Å²) in [6, 6.07) is 2.00. The fourth-order valence-electron chi connectivity index (χ4n) is 2.90. The second kappa shape index (κ2) is 5.63. The smallest absolute Gasteiger partial charge is 0.220 e. The molecule has 1 fully saturated rings. The maximum atomic E-state index is 11.6. The van der Waals surface area contributed by atoms with Crippen LogP contribution < -0.4 is 0 Å². The molecule has 110 valence electrons. The predicted molar refractivity (Wildman–Crippen MR) is 78.3 cm³/mol. The van der Waals surface area contributed by atoms with Crippen molar-refractivity contribution >= 4 is 5.91 Å². The molecule has 1 aliphatic heterocycles. The Morgan fingerprint density at radius 3 is 2.90 bits per heavy atom. The van der Waals surface area contributed by atoms with E-state index in [1.165, 1.54) is 0 Å². The topological polar surface area (TPSA) is 63.9 Å². The van der Waals surface area contributed by atoms with Gasteiger partial charge < -0.3 is 4.90 Å². The number of amides is 1. The first-order valence-electron chi connectivity index (χ1n) is 7.32. The largest absolute Gasteiger partial charge is 0.334 e. The van der Waals surface area contributed by atoms with E-state index in [-0.39, 0.29) is 11.9 Å². The zero-order valence-corrected chi connectivity index (χ0v) is 12.4. The van der Waals surface area contributed by atoms with Crippen molar-refractivity contribution in [3.05, 3.63) is 30.4 Å². The maximum absolute atomic E-state index is 11.6. The zero-order chi connectivity index (χ0) is 14.8. The van der Waals surface area contributed by atoms with Crippen molar-refractivity contribution < 1.29 is 4.79 Å². The Hall–Kier alpha value is -2.24. The van der Waals surface area contributed by atoms with Crippen LogP contribution in [0.5, 0.6) is 0 Å². The summed E-state index contributed by atoms with van der Waals surface area (Å²) < 4.78 is 1.89. The molecule has 0 N–H and O–H groups in total. The monoisotopic (exact) mass is 285 g/mol. The molecule has 3 heterocycles. The van der Waals surface area contributed by atoms with Gasteiger partial charge in [0.05, 0.1) is 29.8 Å². The van der Waals surface area contributed by atoms with E-state index in [0.29, 0.717) is 0 Å². The van der Waals surface area contributed by atoms with Crippen molar-refractivity contribution in [2.75, 3.05) is 6.54 Å². The predicted octanol–water partition coefficient (Wildman–Crippen LogP) is 2.04. The van der Waals surface area contributed by atoms with Gasteiger partial charge in [-0.1, -0.05) is 0 Å². The van der Waals surface area contributed by atoms with Crippen LogP contribution in [0.2, 0.25) is 0 Å². The van der Waals surface area contributed by atoms with Gasteiger partial charge >= 0.3 is 0 Å². The van der Waals surface area contributed by atoms with Crippen molar-refractivity contribution in [3.8, 4) is 11.4 Å². The van der Waals surface area contributed by atoms with Gasteiger partial charge in [0.1, 0.15) is 5.69 Å². The molecule has 0 aliphatic carbocycles. The van der Waals surface area contributed by atoms with Crippen LogP contribution in [0.3, 0.4) is 0 Å². The molecule has 0 saturated carbocycles. The number of hydrogen-bond donors (Lipinski definition) is 0. The minimum Gasteiger partial charge on any atom is -0.334 e. The van der Waals surface area contributed by atoms with Crippen LogP contribution in [0.1, 0.15) is 38.4 Å². The molecule has 1 aliphatic rings. The Bertz CT molecular complexity index is 634. The lowest BCUT2D eigenvalue weighted by molar-refractivity contribution is -0.129. The molecule has 0 bridgehead atoms. The highest BCUT2D eigenvalue weighted by Gasteiger charge is 2.29. The van der Waals surface area contributed by atoms with E-state index in [1.54, 1.807) is 25.5 Å². The van der Waals surface area contributed by atoms with E-state index < -0.39 is 0 Å². The molecule has 0 aromatic carbocycles. The number of rotatable bonds is 3. The van der Waals surface area contributed by atoms with Gasteiger partial charge in [0.15, 0.2) is 0 Å². The van der Waals surface area contributed by atoms with E-state index in [1.807, 2.05) is 22.6 Å². The summed E-state index contributed by atoms with van der Waals surface area (Å²) in [5.41, 5.74) is 2.64. The van der Waals surface area contributed by atoms with Crippen LogP contribution in [0.4, 0.5) is 0 Å². The van der Waals surface area contributed by atoms with Gasteiger partial charge in [-0.3, -0.25) is 19.4 Å². The maximum Gasteiger partial charge on any atom is 0.220 e. The van der Waals surface area contributed by atoms with Crippen molar-refractivity contribution in [3.63, 3.8) is 0 Å². The average molecular weight is 285 g/mol. The number of aryl methyl sites for hydroxylation is 1. The van der Waals surface area contributed by atoms with Gasteiger partial charge in [0.25, 0.3) is 0 Å². The molecule has 1 saturated heterocycles. The zero-order valence-electron chi connectivity index (χ0n) is 12.4.